The van der Waals surface area contributed by atoms with E-state index in [4.69, 9.17) is 27.6 Å². The second-order valence-electron chi connectivity index (χ2n) is 6.46. The predicted molar refractivity (Wildman–Crippen MR) is 103 cm³/mol. The molecule has 1 fully saturated rings. The first-order chi connectivity index (χ1) is 12.6. The molecular formula is C20H17Cl2NO3. The summed E-state index contributed by atoms with van der Waals surface area (Å²) in [5.41, 5.74) is 0.760. The highest BCUT2D eigenvalue weighted by Crippen LogP contribution is 2.40. The van der Waals surface area contributed by atoms with Gasteiger partial charge in [-0.1, -0.05) is 41.4 Å². The quantitative estimate of drug-likeness (QED) is 0.641. The molecule has 0 bridgehead atoms. The third-order valence-electron chi connectivity index (χ3n) is 4.86. The number of hydrogen-bond donors (Lipinski definition) is 1. The summed E-state index contributed by atoms with van der Waals surface area (Å²) in [5, 5.41) is 12.4. The third-order valence-corrected chi connectivity index (χ3v) is 5.42. The molecule has 1 atom stereocenters. The molecule has 1 saturated heterocycles. The van der Waals surface area contributed by atoms with E-state index in [9.17, 15) is 9.90 Å². The first-order valence-electron chi connectivity index (χ1n) is 8.50. The first-order valence-corrected chi connectivity index (χ1v) is 9.25. The van der Waals surface area contributed by atoms with Gasteiger partial charge < -0.3 is 9.52 Å². The van der Waals surface area contributed by atoms with Gasteiger partial charge in [-0.05, 0) is 55.8 Å². The molecule has 0 spiro atoms. The maximum Gasteiger partial charge on any atom is 0.345 e. The van der Waals surface area contributed by atoms with E-state index >= 15 is 0 Å². The van der Waals surface area contributed by atoms with Gasteiger partial charge in [-0.15, -0.1) is 0 Å². The monoisotopic (exact) mass is 389 g/mol. The Morgan fingerprint density at radius 2 is 1.81 bits per heavy atom. The van der Waals surface area contributed by atoms with Crippen molar-refractivity contribution >= 4 is 34.2 Å². The van der Waals surface area contributed by atoms with Crippen LogP contribution in [-0.2, 0) is 0 Å². The van der Waals surface area contributed by atoms with Gasteiger partial charge in [-0.3, -0.25) is 4.90 Å². The molecule has 2 heterocycles. The zero-order valence-corrected chi connectivity index (χ0v) is 15.4. The summed E-state index contributed by atoms with van der Waals surface area (Å²) in [5.74, 6) is -0.0558. The van der Waals surface area contributed by atoms with Crippen LogP contribution in [0.1, 0.15) is 30.0 Å². The highest BCUT2D eigenvalue weighted by molar-refractivity contribution is 6.35. The zero-order chi connectivity index (χ0) is 18.3. The first kappa shape index (κ1) is 17.4. The van der Waals surface area contributed by atoms with Gasteiger partial charge in [-0.2, -0.15) is 0 Å². The molecule has 0 aliphatic carbocycles. The molecule has 26 heavy (non-hydrogen) atoms. The lowest BCUT2D eigenvalue weighted by Gasteiger charge is -2.28. The van der Waals surface area contributed by atoms with Crippen molar-refractivity contribution in [1.29, 1.82) is 0 Å². The average Bonchev–Trinajstić information content (AvgIpc) is 3.14. The van der Waals surface area contributed by atoms with Gasteiger partial charge in [0.25, 0.3) is 0 Å². The number of para-hydroxylation sites is 1. The molecular weight excluding hydrogens is 373 g/mol. The van der Waals surface area contributed by atoms with Crippen molar-refractivity contribution in [2.45, 2.75) is 18.9 Å². The molecule has 2 aromatic carbocycles. The Hall–Kier alpha value is -2.01. The molecule has 1 aliphatic heterocycles. The van der Waals surface area contributed by atoms with Crippen molar-refractivity contribution in [2.75, 3.05) is 13.1 Å². The van der Waals surface area contributed by atoms with Crippen molar-refractivity contribution in [2.24, 2.45) is 0 Å². The standard InChI is InChI=1S/C20H17Cl2NO3/c21-12-7-8-13(15(22)11-12)18(23-9-3-4-10-23)17-19(24)14-5-1-2-6-16(14)26-20(17)25/h1-2,5-8,11,18,24H,3-4,9-10H2. The molecule has 4 nitrogen and oxygen atoms in total. The lowest BCUT2D eigenvalue weighted by atomic mass is 9.96. The van der Waals surface area contributed by atoms with Crippen molar-refractivity contribution in [3.63, 3.8) is 0 Å². The number of aromatic hydroxyl groups is 1. The summed E-state index contributed by atoms with van der Waals surface area (Å²) in [7, 11) is 0. The van der Waals surface area contributed by atoms with Gasteiger partial charge in [0, 0.05) is 10.0 Å². The summed E-state index contributed by atoms with van der Waals surface area (Å²) in [4.78, 5) is 14.9. The summed E-state index contributed by atoms with van der Waals surface area (Å²) < 4.78 is 5.49. The van der Waals surface area contributed by atoms with Crippen LogP contribution in [0, 0.1) is 0 Å². The fraction of sp³-hybridized carbons (Fsp3) is 0.250. The molecule has 1 N–H and O–H groups in total. The Morgan fingerprint density at radius 3 is 2.54 bits per heavy atom. The van der Waals surface area contributed by atoms with Crippen molar-refractivity contribution in [3.05, 3.63) is 74.1 Å². The van der Waals surface area contributed by atoms with E-state index in [1.807, 2.05) is 6.07 Å². The summed E-state index contributed by atoms with van der Waals surface area (Å²) in [6, 6.07) is 11.7. The normalized spacial score (nSPS) is 16.2. The summed E-state index contributed by atoms with van der Waals surface area (Å²) >= 11 is 12.5. The molecule has 1 aromatic heterocycles. The van der Waals surface area contributed by atoms with E-state index in [0.717, 1.165) is 31.5 Å². The minimum atomic E-state index is -0.552. The van der Waals surface area contributed by atoms with E-state index in [-0.39, 0.29) is 11.3 Å². The minimum absolute atomic E-state index is 0.0558. The van der Waals surface area contributed by atoms with Crippen LogP contribution in [0.2, 0.25) is 10.0 Å². The van der Waals surface area contributed by atoms with Gasteiger partial charge in [0.15, 0.2) is 0 Å². The minimum Gasteiger partial charge on any atom is -0.507 e. The lowest BCUT2D eigenvalue weighted by molar-refractivity contribution is 0.269. The molecule has 1 unspecified atom stereocenters. The number of hydrogen-bond acceptors (Lipinski definition) is 4. The Bertz CT molecular complexity index is 1030. The van der Waals surface area contributed by atoms with E-state index in [0.29, 0.717) is 21.0 Å². The van der Waals surface area contributed by atoms with Gasteiger partial charge in [-0.25, -0.2) is 4.79 Å². The van der Waals surface area contributed by atoms with E-state index < -0.39 is 11.7 Å². The van der Waals surface area contributed by atoms with Crippen LogP contribution in [0.3, 0.4) is 0 Å². The van der Waals surface area contributed by atoms with Gasteiger partial charge in [0.1, 0.15) is 16.9 Å². The second-order valence-corrected chi connectivity index (χ2v) is 7.30. The highest BCUT2D eigenvalue weighted by atomic mass is 35.5. The Morgan fingerprint density at radius 1 is 1.08 bits per heavy atom. The molecule has 0 saturated carbocycles. The van der Waals surface area contributed by atoms with Gasteiger partial charge in [0.05, 0.1) is 11.4 Å². The Kier molecular flexibility index (Phi) is 4.65. The van der Waals surface area contributed by atoms with Crippen LogP contribution >= 0.6 is 23.2 Å². The van der Waals surface area contributed by atoms with E-state index in [1.165, 1.54) is 0 Å². The zero-order valence-electron chi connectivity index (χ0n) is 13.9. The fourth-order valence-corrected chi connectivity index (χ4v) is 4.16. The molecule has 3 aromatic rings. The average molecular weight is 390 g/mol. The largest absolute Gasteiger partial charge is 0.507 e. The topological polar surface area (TPSA) is 53.7 Å². The third kappa shape index (κ3) is 2.98. The second kappa shape index (κ2) is 6.95. The number of halogens is 2. The van der Waals surface area contributed by atoms with Gasteiger partial charge in [0.2, 0.25) is 0 Å². The smallest absolute Gasteiger partial charge is 0.345 e. The Balaban J connectivity index is 1.98. The van der Waals surface area contributed by atoms with Crippen LogP contribution in [-0.4, -0.2) is 23.1 Å². The summed E-state index contributed by atoms with van der Waals surface area (Å²) in [6.07, 6.45) is 2.06. The number of nitrogens with zero attached hydrogens (tertiary/aromatic N) is 1. The molecule has 6 heteroatoms. The molecule has 1 aliphatic rings. The van der Waals surface area contributed by atoms with Crippen LogP contribution in [0.25, 0.3) is 11.0 Å². The number of fused-ring (bicyclic) bond motifs is 1. The van der Waals surface area contributed by atoms with Crippen LogP contribution in [0.15, 0.2) is 51.7 Å². The van der Waals surface area contributed by atoms with Crippen molar-refractivity contribution in [1.82, 2.24) is 4.90 Å². The van der Waals surface area contributed by atoms with Gasteiger partial charge >= 0.3 is 5.63 Å². The highest BCUT2D eigenvalue weighted by Gasteiger charge is 2.32. The molecule has 134 valence electrons. The number of benzene rings is 2. The van der Waals surface area contributed by atoms with Crippen molar-refractivity contribution in [3.8, 4) is 5.75 Å². The van der Waals surface area contributed by atoms with Crippen LogP contribution in [0.5, 0.6) is 5.75 Å². The maximum atomic E-state index is 12.8. The Labute approximate surface area is 160 Å². The van der Waals surface area contributed by atoms with E-state index in [1.54, 1.807) is 36.4 Å². The number of rotatable bonds is 3. The maximum absolute atomic E-state index is 12.8. The van der Waals surface area contributed by atoms with Crippen LogP contribution < -0.4 is 5.63 Å². The van der Waals surface area contributed by atoms with Crippen LogP contribution in [0.4, 0.5) is 0 Å². The molecule has 0 amide bonds. The number of likely N-dealkylation sites (tertiary alicyclic amines) is 1. The SMILES string of the molecule is O=c1oc2ccccc2c(O)c1C(c1ccc(Cl)cc1Cl)N1CCCC1. The lowest BCUT2D eigenvalue weighted by Crippen LogP contribution is -2.30. The molecule has 0 radical (unpaired) electrons. The van der Waals surface area contributed by atoms with Crippen molar-refractivity contribution < 1.29 is 9.52 Å². The van der Waals surface area contributed by atoms with E-state index in [2.05, 4.69) is 4.90 Å². The fourth-order valence-electron chi connectivity index (χ4n) is 3.65. The molecule has 4 rings (SSSR count). The summed E-state index contributed by atoms with van der Waals surface area (Å²) in [6.45, 7) is 1.63. The predicted octanol–water partition coefficient (Wildman–Crippen LogP) is 4.99.